The van der Waals surface area contributed by atoms with E-state index >= 15 is 0 Å². The molecule has 3 nitrogen and oxygen atoms in total. The van der Waals surface area contributed by atoms with Crippen molar-refractivity contribution < 1.29 is 14.9 Å². The van der Waals surface area contributed by atoms with Crippen LogP contribution in [0.5, 0.6) is 11.5 Å². The van der Waals surface area contributed by atoms with E-state index in [0.717, 1.165) is 0 Å². The highest BCUT2D eigenvalue weighted by Crippen LogP contribution is 2.29. The Labute approximate surface area is 77.6 Å². The lowest BCUT2D eigenvalue weighted by molar-refractivity contribution is 0.194. The fourth-order valence-electron chi connectivity index (χ4n) is 1.22. The third-order valence-corrected chi connectivity index (χ3v) is 1.82. The zero-order valence-electron chi connectivity index (χ0n) is 7.82. The Hall–Kier alpha value is -1.22. The molecule has 0 aliphatic heterocycles. The van der Waals surface area contributed by atoms with Gasteiger partial charge >= 0.3 is 0 Å². The summed E-state index contributed by atoms with van der Waals surface area (Å²) in [6, 6.07) is 5.24. The van der Waals surface area contributed by atoms with E-state index in [-0.39, 0.29) is 5.75 Å². The average Bonchev–Trinajstić information content (AvgIpc) is 2.08. The smallest absolute Gasteiger partial charge is 0.161 e. The van der Waals surface area contributed by atoms with E-state index in [1.807, 2.05) is 0 Å². The van der Waals surface area contributed by atoms with Gasteiger partial charge in [0.2, 0.25) is 0 Å². The predicted molar refractivity (Wildman–Crippen MR) is 50.0 cm³/mol. The van der Waals surface area contributed by atoms with Gasteiger partial charge in [0.25, 0.3) is 0 Å². The summed E-state index contributed by atoms with van der Waals surface area (Å²) in [6.07, 6.45) is -0.0266. The number of rotatable bonds is 3. The van der Waals surface area contributed by atoms with Gasteiger partial charge in [0.05, 0.1) is 13.2 Å². The highest BCUT2D eigenvalue weighted by molar-refractivity contribution is 5.45. The average molecular weight is 182 g/mol. The first-order valence-corrected chi connectivity index (χ1v) is 4.18. The summed E-state index contributed by atoms with van der Waals surface area (Å²) in [5.41, 5.74) is 0.703. The molecular formula is C10H14O3. The molecule has 1 aromatic rings. The van der Waals surface area contributed by atoms with Crippen molar-refractivity contribution in [2.24, 2.45) is 0 Å². The summed E-state index contributed by atoms with van der Waals surface area (Å²) in [5.74, 6) is 0.559. The summed E-state index contributed by atoms with van der Waals surface area (Å²) in [6.45, 7) is 1.68. The van der Waals surface area contributed by atoms with Crippen LogP contribution in [0.3, 0.4) is 0 Å². The van der Waals surface area contributed by atoms with Crippen molar-refractivity contribution in [1.29, 1.82) is 0 Å². The number of aromatic hydroxyl groups is 1. The highest BCUT2D eigenvalue weighted by atomic mass is 16.5. The summed E-state index contributed by atoms with van der Waals surface area (Å²) >= 11 is 0. The third kappa shape index (κ3) is 2.36. The molecule has 13 heavy (non-hydrogen) atoms. The standard InChI is InChI=1S/C10H14O3/c1-7(11)6-8-4-3-5-9(13-2)10(8)12/h3-5,7,11-12H,6H2,1-2H3/t7-/m0/s1. The second-order valence-electron chi connectivity index (χ2n) is 3.02. The molecule has 0 aromatic heterocycles. The second-order valence-corrected chi connectivity index (χ2v) is 3.02. The van der Waals surface area contributed by atoms with Gasteiger partial charge in [0, 0.05) is 12.0 Å². The Balaban J connectivity index is 2.94. The first-order chi connectivity index (χ1) is 6.15. The minimum Gasteiger partial charge on any atom is -0.504 e. The van der Waals surface area contributed by atoms with Crippen LogP contribution in [0.15, 0.2) is 18.2 Å². The second kappa shape index (κ2) is 4.14. The van der Waals surface area contributed by atoms with E-state index in [1.165, 1.54) is 7.11 Å². The number of hydrogen-bond acceptors (Lipinski definition) is 3. The first-order valence-electron chi connectivity index (χ1n) is 4.18. The minimum absolute atomic E-state index is 0.117. The number of para-hydroxylation sites is 1. The lowest BCUT2D eigenvalue weighted by atomic mass is 10.1. The molecule has 1 aromatic carbocycles. The maximum Gasteiger partial charge on any atom is 0.161 e. The number of hydrogen-bond donors (Lipinski definition) is 2. The van der Waals surface area contributed by atoms with Crippen molar-refractivity contribution >= 4 is 0 Å². The van der Waals surface area contributed by atoms with Crippen molar-refractivity contribution in [3.63, 3.8) is 0 Å². The molecule has 3 heteroatoms. The number of phenolic OH excluding ortho intramolecular Hbond substituents is 1. The monoisotopic (exact) mass is 182 g/mol. The summed E-state index contributed by atoms with van der Waals surface area (Å²) in [7, 11) is 1.50. The molecule has 0 fully saturated rings. The summed E-state index contributed by atoms with van der Waals surface area (Å²) in [4.78, 5) is 0. The van der Waals surface area contributed by atoms with Gasteiger partial charge in [0.1, 0.15) is 0 Å². The SMILES string of the molecule is COc1cccc(C[C@H](C)O)c1O. The third-order valence-electron chi connectivity index (χ3n) is 1.82. The number of ether oxygens (including phenoxy) is 1. The van der Waals surface area contributed by atoms with E-state index < -0.39 is 6.10 Å². The molecule has 1 atom stereocenters. The topological polar surface area (TPSA) is 49.7 Å². The predicted octanol–water partition coefficient (Wildman–Crippen LogP) is 1.32. The van der Waals surface area contributed by atoms with Gasteiger partial charge in [-0.05, 0) is 13.0 Å². The van der Waals surface area contributed by atoms with Crippen molar-refractivity contribution in [1.82, 2.24) is 0 Å². The van der Waals surface area contributed by atoms with Gasteiger partial charge < -0.3 is 14.9 Å². The Morgan fingerprint density at radius 1 is 1.46 bits per heavy atom. The number of phenols is 1. The van der Waals surface area contributed by atoms with Crippen LogP contribution in [-0.2, 0) is 6.42 Å². The van der Waals surface area contributed by atoms with Crippen LogP contribution < -0.4 is 4.74 Å². The molecule has 0 spiro atoms. The largest absolute Gasteiger partial charge is 0.504 e. The Morgan fingerprint density at radius 2 is 2.15 bits per heavy atom. The van der Waals surface area contributed by atoms with Crippen LogP contribution in [0, 0.1) is 0 Å². The Bertz CT molecular complexity index is 281. The molecule has 0 saturated heterocycles. The van der Waals surface area contributed by atoms with Crippen LogP contribution in [0.25, 0.3) is 0 Å². The fraction of sp³-hybridized carbons (Fsp3) is 0.400. The molecule has 0 bridgehead atoms. The van der Waals surface area contributed by atoms with E-state index in [4.69, 9.17) is 9.84 Å². The van der Waals surface area contributed by atoms with Crippen LogP contribution >= 0.6 is 0 Å². The van der Waals surface area contributed by atoms with Crippen molar-refractivity contribution in [3.05, 3.63) is 23.8 Å². The van der Waals surface area contributed by atoms with Crippen molar-refractivity contribution in [2.75, 3.05) is 7.11 Å². The van der Waals surface area contributed by atoms with Crippen LogP contribution in [0.2, 0.25) is 0 Å². The first kappa shape index (κ1) is 9.86. The van der Waals surface area contributed by atoms with Crippen molar-refractivity contribution in [3.8, 4) is 11.5 Å². The molecule has 0 amide bonds. The molecular weight excluding hydrogens is 168 g/mol. The van der Waals surface area contributed by atoms with Gasteiger partial charge in [-0.3, -0.25) is 0 Å². The summed E-state index contributed by atoms with van der Waals surface area (Å²) in [5, 5.41) is 18.7. The molecule has 0 saturated carbocycles. The lowest BCUT2D eigenvalue weighted by Crippen LogP contribution is -2.04. The molecule has 0 aliphatic rings. The van der Waals surface area contributed by atoms with Crippen molar-refractivity contribution in [2.45, 2.75) is 19.4 Å². The Kier molecular flexibility index (Phi) is 3.14. The maximum absolute atomic E-state index is 9.60. The van der Waals surface area contributed by atoms with E-state index in [0.29, 0.717) is 17.7 Å². The zero-order chi connectivity index (χ0) is 9.84. The summed E-state index contributed by atoms with van der Waals surface area (Å²) < 4.78 is 4.94. The zero-order valence-corrected chi connectivity index (χ0v) is 7.82. The highest BCUT2D eigenvalue weighted by Gasteiger charge is 2.08. The van der Waals surface area contributed by atoms with Crippen LogP contribution in [0.1, 0.15) is 12.5 Å². The van der Waals surface area contributed by atoms with E-state index in [9.17, 15) is 5.11 Å². The lowest BCUT2D eigenvalue weighted by Gasteiger charge is -2.09. The van der Waals surface area contributed by atoms with E-state index in [2.05, 4.69) is 0 Å². The number of aliphatic hydroxyl groups is 1. The molecule has 0 aliphatic carbocycles. The van der Waals surface area contributed by atoms with E-state index in [1.54, 1.807) is 25.1 Å². The number of methoxy groups -OCH3 is 1. The molecule has 1 rings (SSSR count). The molecule has 0 radical (unpaired) electrons. The van der Waals surface area contributed by atoms with Gasteiger partial charge in [0.15, 0.2) is 11.5 Å². The minimum atomic E-state index is -0.460. The molecule has 72 valence electrons. The number of aliphatic hydroxyl groups excluding tert-OH is 1. The van der Waals surface area contributed by atoms with Gasteiger partial charge in [-0.2, -0.15) is 0 Å². The normalized spacial score (nSPS) is 12.5. The Morgan fingerprint density at radius 3 is 2.69 bits per heavy atom. The molecule has 2 N–H and O–H groups in total. The quantitative estimate of drug-likeness (QED) is 0.741. The van der Waals surface area contributed by atoms with Crippen LogP contribution in [0.4, 0.5) is 0 Å². The molecule has 0 heterocycles. The maximum atomic E-state index is 9.60. The van der Waals surface area contributed by atoms with Crippen LogP contribution in [-0.4, -0.2) is 23.4 Å². The fourth-order valence-corrected chi connectivity index (χ4v) is 1.22. The van der Waals surface area contributed by atoms with Gasteiger partial charge in [-0.1, -0.05) is 12.1 Å². The van der Waals surface area contributed by atoms with Gasteiger partial charge in [-0.15, -0.1) is 0 Å². The molecule has 0 unspecified atom stereocenters. The van der Waals surface area contributed by atoms with Gasteiger partial charge in [-0.25, -0.2) is 0 Å². The number of benzene rings is 1.